The zero-order valence-corrected chi connectivity index (χ0v) is 15.4. The van der Waals surface area contributed by atoms with Gasteiger partial charge in [-0.05, 0) is 26.1 Å². The SMILES string of the molecule is Cc1nc(NN=C2CCN(C)CC2)sc1N=Nc1ccc([N+](=O)[O-])cc1. The molecule has 26 heavy (non-hydrogen) atoms. The van der Waals surface area contributed by atoms with Gasteiger partial charge in [0, 0.05) is 43.8 Å². The number of hydrogen-bond acceptors (Lipinski definition) is 9. The van der Waals surface area contributed by atoms with Crippen LogP contribution in [0.25, 0.3) is 0 Å². The molecule has 0 atom stereocenters. The number of non-ortho nitro benzene ring substituents is 1. The first-order valence-corrected chi connectivity index (χ1v) is 8.96. The standard InChI is InChI=1S/C16H19N7O2S/c1-11-15(20-18-12-3-5-14(6-4-12)23(24)25)26-16(17-11)21-19-13-7-9-22(2)10-8-13/h3-6H,7-10H2,1-2H3,(H,17,21). The highest BCUT2D eigenvalue weighted by Crippen LogP contribution is 2.32. The van der Waals surface area contributed by atoms with Gasteiger partial charge in [0.05, 0.1) is 16.3 Å². The monoisotopic (exact) mass is 373 g/mol. The third-order valence-electron chi connectivity index (χ3n) is 3.96. The molecule has 1 saturated heterocycles. The number of hydrazone groups is 1. The molecule has 0 spiro atoms. The Morgan fingerprint density at radius 1 is 1.23 bits per heavy atom. The van der Waals surface area contributed by atoms with E-state index in [1.807, 2.05) is 6.92 Å². The Bertz CT molecular complexity index is 835. The van der Waals surface area contributed by atoms with E-state index in [9.17, 15) is 10.1 Å². The van der Waals surface area contributed by atoms with Crippen LogP contribution in [-0.4, -0.2) is 40.7 Å². The Labute approximate surface area is 154 Å². The van der Waals surface area contributed by atoms with Crippen molar-refractivity contribution >= 4 is 38.6 Å². The Kier molecular flexibility index (Phi) is 5.64. The van der Waals surface area contributed by atoms with Crippen LogP contribution in [0.3, 0.4) is 0 Å². The van der Waals surface area contributed by atoms with Crippen molar-refractivity contribution in [3.63, 3.8) is 0 Å². The largest absolute Gasteiger partial charge is 0.306 e. The second kappa shape index (κ2) is 8.11. The molecule has 0 saturated carbocycles. The van der Waals surface area contributed by atoms with Crippen molar-refractivity contribution in [2.75, 3.05) is 25.6 Å². The predicted octanol–water partition coefficient (Wildman–Crippen LogP) is 4.27. The van der Waals surface area contributed by atoms with E-state index in [0.717, 1.165) is 37.3 Å². The fourth-order valence-corrected chi connectivity index (χ4v) is 3.12. The molecule has 0 unspecified atom stereocenters. The number of anilines is 1. The summed E-state index contributed by atoms with van der Waals surface area (Å²) in [6.07, 6.45) is 1.92. The summed E-state index contributed by atoms with van der Waals surface area (Å²) in [6, 6.07) is 5.92. The van der Waals surface area contributed by atoms with E-state index in [2.05, 4.69) is 37.7 Å². The molecule has 1 aliphatic heterocycles. The fourth-order valence-electron chi connectivity index (χ4n) is 2.39. The number of likely N-dealkylation sites (tertiary alicyclic amines) is 1. The van der Waals surface area contributed by atoms with Crippen LogP contribution in [0, 0.1) is 17.0 Å². The summed E-state index contributed by atoms with van der Waals surface area (Å²) in [6.45, 7) is 3.90. The summed E-state index contributed by atoms with van der Waals surface area (Å²) in [4.78, 5) is 16.9. The van der Waals surface area contributed by atoms with Crippen molar-refractivity contribution in [1.82, 2.24) is 9.88 Å². The smallest absolute Gasteiger partial charge is 0.269 e. The maximum atomic E-state index is 10.7. The second-order valence-corrected chi connectivity index (χ2v) is 6.95. The van der Waals surface area contributed by atoms with E-state index < -0.39 is 4.92 Å². The normalized spacial score (nSPS) is 15.4. The lowest BCUT2D eigenvalue weighted by molar-refractivity contribution is -0.384. The van der Waals surface area contributed by atoms with E-state index >= 15 is 0 Å². The Balaban J connectivity index is 1.64. The maximum Gasteiger partial charge on any atom is 0.269 e. The summed E-state index contributed by atoms with van der Waals surface area (Å²) < 4.78 is 0. The average molecular weight is 373 g/mol. The summed E-state index contributed by atoms with van der Waals surface area (Å²) in [7, 11) is 2.11. The maximum absolute atomic E-state index is 10.7. The first kappa shape index (κ1) is 18.1. The molecule has 9 nitrogen and oxygen atoms in total. The van der Waals surface area contributed by atoms with Crippen LogP contribution in [0.15, 0.2) is 39.6 Å². The van der Waals surface area contributed by atoms with Gasteiger partial charge in [-0.3, -0.25) is 15.5 Å². The van der Waals surface area contributed by atoms with Gasteiger partial charge in [-0.1, -0.05) is 11.3 Å². The summed E-state index contributed by atoms with van der Waals surface area (Å²) in [5.74, 6) is 0. The van der Waals surface area contributed by atoms with Crippen molar-refractivity contribution in [3.05, 3.63) is 40.1 Å². The molecule has 0 aliphatic carbocycles. The van der Waals surface area contributed by atoms with Crippen molar-refractivity contribution in [2.45, 2.75) is 19.8 Å². The quantitative estimate of drug-likeness (QED) is 0.478. The Morgan fingerprint density at radius 2 is 1.92 bits per heavy atom. The van der Waals surface area contributed by atoms with Gasteiger partial charge < -0.3 is 4.90 Å². The van der Waals surface area contributed by atoms with Crippen LogP contribution in [0.4, 0.5) is 21.5 Å². The number of aromatic nitrogens is 1. The van der Waals surface area contributed by atoms with Crippen LogP contribution >= 0.6 is 11.3 Å². The van der Waals surface area contributed by atoms with Crippen molar-refractivity contribution < 1.29 is 4.92 Å². The minimum Gasteiger partial charge on any atom is -0.306 e. The predicted molar refractivity (Wildman–Crippen MR) is 102 cm³/mol. The van der Waals surface area contributed by atoms with Gasteiger partial charge in [0.25, 0.3) is 5.69 Å². The summed E-state index contributed by atoms with van der Waals surface area (Å²) in [5.41, 5.74) is 5.48. The van der Waals surface area contributed by atoms with Gasteiger partial charge in [0.1, 0.15) is 0 Å². The summed E-state index contributed by atoms with van der Waals surface area (Å²) in [5, 5.41) is 24.7. The number of thiazole rings is 1. The lowest BCUT2D eigenvalue weighted by Crippen LogP contribution is -2.30. The minimum absolute atomic E-state index is 0.0254. The molecule has 0 bridgehead atoms. The van der Waals surface area contributed by atoms with Gasteiger partial charge in [-0.2, -0.15) is 5.10 Å². The molecule has 1 aromatic carbocycles. The molecular weight excluding hydrogens is 354 g/mol. The lowest BCUT2D eigenvalue weighted by atomic mass is 10.1. The minimum atomic E-state index is -0.446. The number of aryl methyl sites for hydroxylation is 1. The number of nitrogens with one attached hydrogen (secondary N) is 1. The van der Waals surface area contributed by atoms with Crippen LogP contribution in [0.1, 0.15) is 18.5 Å². The van der Waals surface area contributed by atoms with Gasteiger partial charge in [-0.15, -0.1) is 10.2 Å². The Morgan fingerprint density at radius 3 is 2.58 bits per heavy atom. The molecule has 3 rings (SSSR count). The molecule has 2 aromatic rings. The van der Waals surface area contributed by atoms with Crippen LogP contribution in [0.5, 0.6) is 0 Å². The lowest BCUT2D eigenvalue weighted by Gasteiger charge is -2.22. The number of hydrogen-bond donors (Lipinski definition) is 1. The molecule has 1 N–H and O–H groups in total. The first-order valence-electron chi connectivity index (χ1n) is 8.15. The van der Waals surface area contributed by atoms with Gasteiger partial charge in [0.15, 0.2) is 5.00 Å². The van der Waals surface area contributed by atoms with Crippen molar-refractivity contribution in [1.29, 1.82) is 0 Å². The number of azo groups is 1. The topological polar surface area (TPSA) is 108 Å². The van der Waals surface area contributed by atoms with E-state index in [4.69, 9.17) is 0 Å². The van der Waals surface area contributed by atoms with Gasteiger partial charge in [-0.25, -0.2) is 4.98 Å². The average Bonchev–Trinajstić information content (AvgIpc) is 2.99. The number of nitro groups is 1. The van der Waals surface area contributed by atoms with Crippen LogP contribution < -0.4 is 5.43 Å². The second-order valence-electron chi connectivity index (χ2n) is 5.98. The van der Waals surface area contributed by atoms with Crippen LogP contribution in [-0.2, 0) is 0 Å². The van der Waals surface area contributed by atoms with Crippen molar-refractivity contribution in [2.24, 2.45) is 15.3 Å². The van der Waals surface area contributed by atoms with E-state index in [0.29, 0.717) is 15.8 Å². The molecule has 1 aromatic heterocycles. The molecular formula is C16H19N7O2S. The number of nitro benzene ring substituents is 1. The molecule has 1 fully saturated rings. The van der Waals surface area contributed by atoms with Gasteiger partial charge >= 0.3 is 0 Å². The molecule has 0 amide bonds. The highest BCUT2D eigenvalue weighted by molar-refractivity contribution is 7.19. The van der Waals surface area contributed by atoms with E-state index in [1.54, 1.807) is 12.1 Å². The number of benzene rings is 1. The number of rotatable bonds is 5. The molecule has 10 heteroatoms. The van der Waals surface area contributed by atoms with E-state index in [-0.39, 0.29) is 5.69 Å². The zero-order valence-electron chi connectivity index (χ0n) is 14.5. The fraction of sp³-hybridized carbons (Fsp3) is 0.375. The molecule has 2 heterocycles. The van der Waals surface area contributed by atoms with Gasteiger partial charge in [0.2, 0.25) is 5.13 Å². The molecule has 0 radical (unpaired) electrons. The number of piperidine rings is 1. The summed E-state index contributed by atoms with van der Waals surface area (Å²) >= 11 is 1.37. The van der Waals surface area contributed by atoms with E-state index in [1.165, 1.54) is 23.5 Å². The van der Waals surface area contributed by atoms with Crippen LogP contribution in [0.2, 0.25) is 0 Å². The highest BCUT2D eigenvalue weighted by Gasteiger charge is 2.12. The number of nitrogens with zero attached hydrogens (tertiary/aromatic N) is 6. The van der Waals surface area contributed by atoms with Crippen molar-refractivity contribution in [3.8, 4) is 0 Å². The third kappa shape index (κ3) is 4.67. The zero-order chi connectivity index (χ0) is 18.5. The first-order chi connectivity index (χ1) is 12.5. The third-order valence-corrected chi connectivity index (χ3v) is 4.91. The molecule has 136 valence electrons. The molecule has 1 aliphatic rings. The Hall–Kier alpha value is -2.72. The highest BCUT2D eigenvalue weighted by atomic mass is 32.1.